The summed E-state index contributed by atoms with van der Waals surface area (Å²) >= 11 is 1.57. The molecule has 1 aromatic rings. The SMILES string of the molecule is O=C(O)CCCSCCN1C(=O)CCCC1CC[C@@H](O)c1occc1C(F)(F)F. The number of hydrogen-bond acceptors (Lipinski definition) is 5. The molecule has 6 nitrogen and oxygen atoms in total. The number of amides is 1. The first kappa shape index (κ1) is 23.6. The summed E-state index contributed by atoms with van der Waals surface area (Å²) in [6.07, 6.45) is -2.02. The maximum Gasteiger partial charge on any atom is 0.419 e. The lowest BCUT2D eigenvalue weighted by Gasteiger charge is -2.36. The molecule has 2 heterocycles. The summed E-state index contributed by atoms with van der Waals surface area (Å²) in [6.45, 7) is 0.506. The van der Waals surface area contributed by atoms with Crippen molar-refractivity contribution in [1.29, 1.82) is 0 Å². The van der Waals surface area contributed by atoms with Crippen molar-refractivity contribution < 1.29 is 37.4 Å². The largest absolute Gasteiger partial charge is 0.481 e. The van der Waals surface area contributed by atoms with Crippen LogP contribution in [0.15, 0.2) is 16.7 Å². The minimum absolute atomic E-state index is 0.0101. The number of thioether (sulfide) groups is 1. The van der Waals surface area contributed by atoms with E-state index in [-0.39, 0.29) is 24.8 Å². The van der Waals surface area contributed by atoms with Gasteiger partial charge in [0.1, 0.15) is 11.9 Å². The van der Waals surface area contributed by atoms with Gasteiger partial charge in [0, 0.05) is 31.2 Å². The second-order valence-electron chi connectivity index (χ2n) is 7.03. The molecule has 2 N–H and O–H groups in total. The van der Waals surface area contributed by atoms with Crippen molar-refractivity contribution in [2.45, 2.75) is 63.3 Å². The van der Waals surface area contributed by atoms with Crippen LogP contribution < -0.4 is 0 Å². The van der Waals surface area contributed by atoms with Gasteiger partial charge in [-0.25, -0.2) is 0 Å². The van der Waals surface area contributed by atoms with E-state index in [2.05, 4.69) is 0 Å². The van der Waals surface area contributed by atoms with Gasteiger partial charge in [-0.2, -0.15) is 24.9 Å². The van der Waals surface area contributed by atoms with Crippen LogP contribution in [0.2, 0.25) is 0 Å². The van der Waals surface area contributed by atoms with Crippen molar-refractivity contribution >= 4 is 23.6 Å². The second-order valence-corrected chi connectivity index (χ2v) is 8.26. The minimum Gasteiger partial charge on any atom is -0.481 e. The monoisotopic (exact) mass is 437 g/mol. The first-order chi connectivity index (χ1) is 13.7. The number of rotatable bonds is 11. The number of aliphatic carboxylic acids is 1. The summed E-state index contributed by atoms with van der Waals surface area (Å²) in [5.41, 5.74) is -0.973. The Bertz CT molecular complexity index is 679. The average molecular weight is 437 g/mol. The average Bonchev–Trinajstić information content (AvgIpc) is 3.14. The second kappa shape index (κ2) is 10.9. The van der Waals surface area contributed by atoms with Gasteiger partial charge in [-0.05, 0) is 43.9 Å². The Morgan fingerprint density at radius 3 is 2.83 bits per heavy atom. The van der Waals surface area contributed by atoms with Gasteiger partial charge in [0.25, 0.3) is 0 Å². The van der Waals surface area contributed by atoms with Crippen LogP contribution in [0.25, 0.3) is 0 Å². The van der Waals surface area contributed by atoms with E-state index >= 15 is 0 Å². The molecule has 164 valence electrons. The van der Waals surface area contributed by atoms with Gasteiger partial charge in [0.05, 0.1) is 11.8 Å². The standard InChI is InChI=1S/C19H26F3NO5S/c20-19(21,22)14-8-10-28-18(14)15(24)7-6-13-3-1-4-16(25)23(13)9-12-29-11-2-5-17(26)27/h8,10,13,15,24H,1-7,9,11-12H2,(H,26,27)/t13?,15-/m1/s1. The fourth-order valence-electron chi connectivity index (χ4n) is 3.48. The minimum atomic E-state index is -4.59. The Kier molecular flexibility index (Phi) is 8.88. The summed E-state index contributed by atoms with van der Waals surface area (Å²) in [5.74, 6) is 0.0498. The molecule has 10 heteroatoms. The maximum atomic E-state index is 13.0. The van der Waals surface area contributed by atoms with E-state index in [1.54, 1.807) is 16.7 Å². The topological polar surface area (TPSA) is 91.0 Å². The molecule has 2 rings (SSSR count). The number of aliphatic hydroxyl groups is 1. The number of furan rings is 1. The molecule has 1 saturated heterocycles. The first-order valence-corrected chi connectivity index (χ1v) is 10.8. The number of piperidine rings is 1. The van der Waals surface area contributed by atoms with Crippen molar-refractivity contribution in [2.75, 3.05) is 18.1 Å². The van der Waals surface area contributed by atoms with E-state index < -0.39 is 29.6 Å². The number of aliphatic hydroxyl groups excluding tert-OH is 1. The molecule has 1 amide bonds. The third-order valence-corrected chi connectivity index (χ3v) is 5.97. The predicted octanol–water partition coefficient (Wildman–Crippen LogP) is 4.09. The van der Waals surface area contributed by atoms with Crippen molar-refractivity contribution in [3.05, 3.63) is 23.7 Å². The Hall–Kier alpha value is -1.68. The Balaban J connectivity index is 1.85. The molecule has 1 aliphatic heterocycles. The normalized spacial score (nSPS) is 18.8. The smallest absolute Gasteiger partial charge is 0.419 e. The molecule has 1 aliphatic rings. The Morgan fingerprint density at radius 1 is 1.38 bits per heavy atom. The van der Waals surface area contributed by atoms with Crippen LogP contribution in [0.3, 0.4) is 0 Å². The summed E-state index contributed by atoms with van der Waals surface area (Å²) < 4.78 is 43.8. The van der Waals surface area contributed by atoms with E-state index in [9.17, 15) is 27.9 Å². The first-order valence-electron chi connectivity index (χ1n) is 9.61. The third kappa shape index (κ3) is 7.26. The number of carboxylic acids is 1. The highest BCUT2D eigenvalue weighted by atomic mass is 32.2. The van der Waals surface area contributed by atoms with E-state index in [0.29, 0.717) is 37.3 Å². The van der Waals surface area contributed by atoms with Crippen molar-refractivity contribution in [1.82, 2.24) is 4.90 Å². The molecule has 29 heavy (non-hydrogen) atoms. The molecule has 0 radical (unpaired) electrons. The summed E-state index contributed by atoms with van der Waals surface area (Å²) in [4.78, 5) is 24.5. The third-order valence-electron chi connectivity index (χ3n) is 4.92. The maximum absolute atomic E-state index is 13.0. The summed E-state index contributed by atoms with van der Waals surface area (Å²) in [6, 6.07) is 0.672. The van der Waals surface area contributed by atoms with Crippen molar-refractivity contribution in [2.24, 2.45) is 0 Å². The summed E-state index contributed by atoms with van der Waals surface area (Å²) in [5, 5.41) is 18.8. The number of carbonyl (C=O) groups is 2. The molecule has 0 aliphatic carbocycles. The van der Waals surface area contributed by atoms with Gasteiger partial charge in [-0.3, -0.25) is 9.59 Å². The Labute approximate surface area is 171 Å². The van der Waals surface area contributed by atoms with Gasteiger partial charge in [-0.15, -0.1) is 0 Å². The summed E-state index contributed by atoms with van der Waals surface area (Å²) in [7, 11) is 0. The van der Waals surface area contributed by atoms with Gasteiger partial charge >= 0.3 is 12.1 Å². The van der Waals surface area contributed by atoms with Gasteiger partial charge in [0.15, 0.2) is 0 Å². The number of carboxylic acid groups (broad SMARTS) is 1. The molecule has 0 saturated carbocycles. The van der Waals surface area contributed by atoms with Crippen LogP contribution in [-0.2, 0) is 15.8 Å². The molecule has 1 fully saturated rings. The van der Waals surface area contributed by atoms with Crippen LogP contribution in [-0.4, -0.2) is 51.1 Å². The number of alkyl halides is 3. The molecular weight excluding hydrogens is 411 g/mol. The Morgan fingerprint density at radius 2 is 2.14 bits per heavy atom. The number of hydrogen-bond donors (Lipinski definition) is 2. The van der Waals surface area contributed by atoms with Crippen LogP contribution in [0, 0.1) is 0 Å². The van der Waals surface area contributed by atoms with Gasteiger partial charge in [0.2, 0.25) is 5.91 Å². The van der Waals surface area contributed by atoms with Crippen LogP contribution >= 0.6 is 11.8 Å². The lowest BCUT2D eigenvalue weighted by molar-refractivity contribution is -0.140. The highest BCUT2D eigenvalue weighted by Crippen LogP contribution is 2.37. The highest BCUT2D eigenvalue weighted by Gasteiger charge is 2.37. The highest BCUT2D eigenvalue weighted by molar-refractivity contribution is 7.99. The van der Waals surface area contributed by atoms with Crippen LogP contribution in [0.1, 0.15) is 62.4 Å². The molecule has 1 unspecified atom stereocenters. The molecule has 0 spiro atoms. The molecular formula is C19H26F3NO5S. The number of nitrogens with zero attached hydrogens (tertiary/aromatic N) is 1. The fourth-order valence-corrected chi connectivity index (χ4v) is 4.36. The zero-order valence-electron chi connectivity index (χ0n) is 16.0. The van der Waals surface area contributed by atoms with Crippen molar-refractivity contribution in [3.8, 4) is 0 Å². The van der Waals surface area contributed by atoms with E-state index in [1.807, 2.05) is 0 Å². The fraction of sp³-hybridized carbons (Fsp3) is 0.684. The number of halogens is 3. The number of likely N-dealkylation sites (tertiary alicyclic amines) is 1. The molecule has 2 atom stereocenters. The van der Waals surface area contributed by atoms with Gasteiger partial charge in [-0.1, -0.05) is 0 Å². The van der Waals surface area contributed by atoms with Crippen molar-refractivity contribution in [3.63, 3.8) is 0 Å². The number of carbonyl (C=O) groups excluding carboxylic acids is 1. The lowest BCUT2D eigenvalue weighted by Crippen LogP contribution is -2.44. The van der Waals surface area contributed by atoms with Crippen LogP contribution in [0.5, 0.6) is 0 Å². The zero-order chi connectivity index (χ0) is 21.4. The zero-order valence-corrected chi connectivity index (χ0v) is 16.8. The molecule has 0 aromatic carbocycles. The quantitative estimate of drug-likeness (QED) is 0.507. The van der Waals surface area contributed by atoms with E-state index in [0.717, 1.165) is 25.2 Å². The molecule has 0 bridgehead atoms. The predicted molar refractivity (Wildman–Crippen MR) is 101 cm³/mol. The van der Waals surface area contributed by atoms with Gasteiger partial charge < -0.3 is 19.5 Å². The van der Waals surface area contributed by atoms with E-state index in [4.69, 9.17) is 9.52 Å². The van der Waals surface area contributed by atoms with E-state index in [1.165, 1.54) is 0 Å². The molecule has 1 aromatic heterocycles. The lowest BCUT2D eigenvalue weighted by atomic mass is 9.95. The van der Waals surface area contributed by atoms with Crippen LogP contribution in [0.4, 0.5) is 13.2 Å².